The zero-order valence-electron chi connectivity index (χ0n) is 21.3. The maximum Gasteiger partial charge on any atom is 0.336 e. The Morgan fingerprint density at radius 2 is 1.58 bits per heavy atom. The van der Waals surface area contributed by atoms with E-state index in [4.69, 9.17) is 9.47 Å². The summed E-state index contributed by atoms with van der Waals surface area (Å²) in [6.07, 6.45) is 0. The molecular weight excluding hydrogens is 474 g/mol. The average Bonchev–Trinajstić information content (AvgIpc) is 3.22. The van der Waals surface area contributed by atoms with E-state index in [1.807, 2.05) is 67.6 Å². The maximum atomic E-state index is 13.7. The summed E-state index contributed by atoms with van der Waals surface area (Å²) in [5.74, 6) is -0.537. The Morgan fingerprint density at radius 1 is 0.868 bits per heavy atom. The number of benzene rings is 4. The number of esters is 1. The molecule has 0 amide bonds. The highest BCUT2D eigenvalue weighted by Gasteiger charge is 2.43. The van der Waals surface area contributed by atoms with Crippen molar-refractivity contribution in [3.63, 3.8) is 0 Å². The van der Waals surface area contributed by atoms with Crippen LogP contribution in [0.25, 0.3) is 16.5 Å². The third-order valence-corrected chi connectivity index (χ3v) is 7.18. The third kappa shape index (κ3) is 3.97. The monoisotopic (exact) mass is 501 g/mol. The zero-order valence-corrected chi connectivity index (χ0v) is 21.3. The van der Waals surface area contributed by atoms with Crippen LogP contribution in [0.5, 0.6) is 5.75 Å². The van der Waals surface area contributed by atoms with Gasteiger partial charge in [-0.15, -0.1) is 0 Å². The molecule has 1 aliphatic heterocycles. The molecule has 0 fully saturated rings. The zero-order chi connectivity index (χ0) is 26.2. The average molecular weight is 502 g/mol. The van der Waals surface area contributed by atoms with E-state index in [0.29, 0.717) is 34.8 Å². The summed E-state index contributed by atoms with van der Waals surface area (Å²) in [6.45, 7) is 4.22. The molecule has 0 unspecified atom stereocenters. The summed E-state index contributed by atoms with van der Waals surface area (Å²) in [5.41, 5.74) is 5.63. The molecule has 0 bridgehead atoms. The molecule has 0 spiro atoms. The molecule has 2 aliphatic rings. The van der Waals surface area contributed by atoms with Crippen molar-refractivity contribution in [1.82, 2.24) is 5.32 Å². The first kappa shape index (κ1) is 23.7. The normalized spacial score (nSPS) is 16.3. The summed E-state index contributed by atoms with van der Waals surface area (Å²) >= 11 is 0. The minimum absolute atomic E-state index is 0.0910. The summed E-state index contributed by atoms with van der Waals surface area (Å²) in [5, 5.41) is 5.66. The van der Waals surface area contributed by atoms with Crippen molar-refractivity contribution in [2.24, 2.45) is 0 Å². The van der Waals surface area contributed by atoms with Gasteiger partial charge in [-0.1, -0.05) is 78.9 Å². The number of hydrogen-bond acceptors (Lipinski definition) is 5. The fourth-order valence-electron chi connectivity index (χ4n) is 5.46. The number of carbonyl (C=O) groups excluding carboxylic acids is 2. The van der Waals surface area contributed by atoms with Gasteiger partial charge in [0.05, 0.1) is 23.8 Å². The van der Waals surface area contributed by atoms with Crippen LogP contribution >= 0.6 is 0 Å². The smallest absolute Gasteiger partial charge is 0.336 e. The van der Waals surface area contributed by atoms with E-state index in [1.165, 1.54) is 5.39 Å². The lowest BCUT2D eigenvalue weighted by molar-refractivity contribution is -0.138. The Hall–Kier alpha value is -4.64. The Bertz CT molecular complexity index is 1660. The van der Waals surface area contributed by atoms with E-state index in [2.05, 4.69) is 35.6 Å². The molecule has 38 heavy (non-hydrogen) atoms. The van der Waals surface area contributed by atoms with Crippen LogP contribution in [0.4, 0.5) is 0 Å². The number of nitrogens with one attached hydrogen (secondary N) is 1. The number of fused-ring (bicyclic) bond motifs is 3. The van der Waals surface area contributed by atoms with Crippen LogP contribution in [-0.4, -0.2) is 18.4 Å². The molecule has 1 atom stereocenters. The van der Waals surface area contributed by atoms with E-state index in [0.717, 1.165) is 27.8 Å². The minimum atomic E-state index is -0.627. The van der Waals surface area contributed by atoms with E-state index in [-0.39, 0.29) is 12.4 Å². The number of dihydropyridines is 1. The van der Waals surface area contributed by atoms with Gasteiger partial charge >= 0.3 is 5.97 Å². The molecule has 4 aromatic rings. The third-order valence-electron chi connectivity index (χ3n) is 7.18. The molecule has 1 aliphatic carbocycles. The van der Waals surface area contributed by atoms with Crippen LogP contribution < -0.4 is 10.1 Å². The van der Waals surface area contributed by atoms with Gasteiger partial charge < -0.3 is 14.8 Å². The van der Waals surface area contributed by atoms with Crippen molar-refractivity contribution in [3.05, 3.63) is 130 Å². The van der Waals surface area contributed by atoms with Gasteiger partial charge in [0, 0.05) is 28.0 Å². The fraction of sp³-hybridized carbons (Fsp3) is 0.152. The Labute approximate surface area is 221 Å². The van der Waals surface area contributed by atoms with Crippen LogP contribution in [0, 0.1) is 0 Å². The lowest BCUT2D eigenvalue weighted by atomic mass is 9.79. The number of Topliss-reactive ketones (excluding diaryl/α,β-unsaturated/α-hetero) is 1. The number of ketones is 1. The number of allylic oxidation sites excluding steroid dienone is 2. The highest BCUT2D eigenvalue weighted by atomic mass is 16.5. The van der Waals surface area contributed by atoms with Crippen LogP contribution in [0.3, 0.4) is 0 Å². The summed E-state index contributed by atoms with van der Waals surface area (Å²) in [7, 11) is 0. The summed E-state index contributed by atoms with van der Waals surface area (Å²) in [6, 6.07) is 29.6. The number of rotatable bonds is 6. The van der Waals surface area contributed by atoms with Crippen molar-refractivity contribution < 1.29 is 19.1 Å². The highest BCUT2D eigenvalue weighted by Crippen LogP contribution is 2.48. The first-order valence-electron chi connectivity index (χ1n) is 12.8. The van der Waals surface area contributed by atoms with Gasteiger partial charge in [0.25, 0.3) is 0 Å². The quantitative estimate of drug-likeness (QED) is 0.304. The van der Waals surface area contributed by atoms with Gasteiger partial charge in [-0.25, -0.2) is 4.79 Å². The van der Waals surface area contributed by atoms with Crippen molar-refractivity contribution >= 4 is 28.2 Å². The molecular formula is C33H27NO4. The van der Waals surface area contributed by atoms with Crippen molar-refractivity contribution in [2.75, 3.05) is 6.61 Å². The molecule has 1 N–H and O–H groups in total. The van der Waals surface area contributed by atoms with Gasteiger partial charge in [0.1, 0.15) is 12.4 Å². The largest absolute Gasteiger partial charge is 0.489 e. The minimum Gasteiger partial charge on any atom is -0.489 e. The van der Waals surface area contributed by atoms with Crippen molar-refractivity contribution in [1.29, 1.82) is 0 Å². The Balaban J connectivity index is 1.43. The van der Waals surface area contributed by atoms with E-state index in [9.17, 15) is 9.59 Å². The predicted molar refractivity (Wildman–Crippen MR) is 148 cm³/mol. The van der Waals surface area contributed by atoms with Gasteiger partial charge in [0.15, 0.2) is 5.78 Å². The SMILES string of the molecule is CCOC(=O)C1=C(C)NC2=C(C(=O)c3ccccc32)[C@H]1c1ccccc1OCc1ccc2ccccc2c1. The highest BCUT2D eigenvalue weighted by molar-refractivity contribution is 6.23. The van der Waals surface area contributed by atoms with Crippen molar-refractivity contribution in [3.8, 4) is 5.75 Å². The summed E-state index contributed by atoms with van der Waals surface area (Å²) < 4.78 is 11.8. The van der Waals surface area contributed by atoms with Gasteiger partial charge in [0.2, 0.25) is 0 Å². The van der Waals surface area contributed by atoms with Gasteiger partial charge in [-0.05, 0) is 42.3 Å². The van der Waals surface area contributed by atoms with Crippen molar-refractivity contribution in [2.45, 2.75) is 26.4 Å². The number of ether oxygens (including phenoxy) is 2. The molecule has 4 aromatic carbocycles. The Kier molecular flexibility index (Phi) is 6.04. The predicted octanol–water partition coefficient (Wildman–Crippen LogP) is 6.55. The van der Waals surface area contributed by atoms with E-state index >= 15 is 0 Å². The Morgan fingerprint density at radius 3 is 2.39 bits per heavy atom. The molecule has 6 rings (SSSR count). The second kappa shape index (κ2) is 9.67. The molecule has 188 valence electrons. The molecule has 5 heteroatoms. The van der Waals surface area contributed by atoms with E-state index in [1.54, 1.807) is 6.92 Å². The first-order valence-corrected chi connectivity index (χ1v) is 12.8. The van der Waals surface area contributed by atoms with Crippen LogP contribution in [0.15, 0.2) is 108 Å². The van der Waals surface area contributed by atoms with Crippen LogP contribution in [0.1, 0.15) is 46.8 Å². The number of para-hydroxylation sites is 1. The first-order chi connectivity index (χ1) is 18.6. The molecule has 5 nitrogen and oxygen atoms in total. The molecule has 0 saturated heterocycles. The molecule has 1 heterocycles. The summed E-state index contributed by atoms with van der Waals surface area (Å²) in [4.78, 5) is 27.0. The molecule has 0 radical (unpaired) electrons. The lowest BCUT2D eigenvalue weighted by Gasteiger charge is -2.30. The topological polar surface area (TPSA) is 64.6 Å². The van der Waals surface area contributed by atoms with Gasteiger partial charge in [-0.2, -0.15) is 0 Å². The number of hydrogen-bond donors (Lipinski definition) is 1. The van der Waals surface area contributed by atoms with Crippen LogP contribution in [0.2, 0.25) is 0 Å². The second-order valence-corrected chi connectivity index (χ2v) is 9.49. The molecule has 0 aromatic heterocycles. The number of carbonyl (C=O) groups is 2. The van der Waals surface area contributed by atoms with E-state index < -0.39 is 11.9 Å². The standard InChI is InChI=1S/C33H27NO4/c1-3-37-33(36)28-20(2)34-31-24-12-6-7-13-25(24)32(35)30(31)29(28)26-14-8-9-15-27(26)38-19-21-16-17-22-10-4-5-11-23(22)18-21/h4-18,29,34H,3,19H2,1-2H3/t29-/m0/s1. The second-order valence-electron chi connectivity index (χ2n) is 9.49. The van der Waals surface area contributed by atoms with Gasteiger partial charge in [-0.3, -0.25) is 4.79 Å². The fourth-order valence-corrected chi connectivity index (χ4v) is 5.46. The van der Waals surface area contributed by atoms with Crippen LogP contribution in [-0.2, 0) is 16.1 Å². The molecule has 0 saturated carbocycles. The lowest BCUT2D eigenvalue weighted by Crippen LogP contribution is -2.29. The maximum absolute atomic E-state index is 13.7.